The summed E-state index contributed by atoms with van der Waals surface area (Å²) in [6.07, 6.45) is 1.52. The Morgan fingerprint density at radius 2 is 1.85 bits per heavy atom. The van der Waals surface area contributed by atoms with E-state index in [1.807, 2.05) is 6.07 Å². The summed E-state index contributed by atoms with van der Waals surface area (Å²) in [4.78, 5) is 15.0. The van der Waals surface area contributed by atoms with Crippen molar-refractivity contribution in [3.05, 3.63) is 35.9 Å². The predicted octanol–water partition coefficient (Wildman–Crippen LogP) is 2.51. The number of benzene rings is 1. The van der Waals surface area contributed by atoms with Crippen LogP contribution in [0.1, 0.15) is 18.4 Å². The van der Waals surface area contributed by atoms with Gasteiger partial charge in [-0.05, 0) is 37.3 Å². The number of likely N-dealkylation sites (tertiary alicyclic amines) is 1. The fourth-order valence-electron chi connectivity index (χ4n) is 3.78. The molecule has 0 spiro atoms. The van der Waals surface area contributed by atoms with Crippen LogP contribution in [0.4, 0.5) is 4.79 Å². The average Bonchev–Trinajstić information content (AvgIpc) is 2.97. The minimum atomic E-state index is -0.756. The number of nitrogens with zero attached hydrogens (tertiary/aromatic N) is 2. The van der Waals surface area contributed by atoms with Crippen molar-refractivity contribution in [2.45, 2.75) is 25.4 Å². The molecule has 1 amide bonds. The van der Waals surface area contributed by atoms with Crippen molar-refractivity contribution >= 4 is 6.09 Å². The molecule has 4 nitrogen and oxygen atoms in total. The molecule has 108 valence electrons. The number of hydrogen-bond acceptors (Lipinski definition) is 2. The van der Waals surface area contributed by atoms with Crippen LogP contribution in [0.3, 0.4) is 0 Å². The molecule has 4 heteroatoms. The van der Waals surface area contributed by atoms with Crippen LogP contribution in [0.15, 0.2) is 30.3 Å². The first kappa shape index (κ1) is 13.4. The Bertz CT molecular complexity index is 463. The van der Waals surface area contributed by atoms with Crippen molar-refractivity contribution in [1.82, 2.24) is 9.80 Å². The van der Waals surface area contributed by atoms with Gasteiger partial charge in [-0.25, -0.2) is 4.79 Å². The summed E-state index contributed by atoms with van der Waals surface area (Å²) in [6.45, 7) is 2.44. The second kappa shape index (κ2) is 5.44. The van der Waals surface area contributed by atoms with Gasteiger partial charge in [0.05, 0.1) is 0 Å². The van der Waals surface area contributed by atoms with E-state index in [9.17, 15) is 4.79 Å². The molecule has 2 aliphatic rings. The van der Waals surface area contributed by atoms with Crippen molar-refractivity contribution in [2.24, 2.45) is 11.8 Å². The topological polar surface area (TPSA) is 43.8 Å². The predicted molar refractivity (Wildman–Crippen MR) is 77.5 cm³/mol. The van der Waals surface area contributed by atoms with Crippen molar-refractivity contribution in [2.75, 3.05) is 20.1 Å². The molecule has 1 heterocycles. The van der Waals surface area contributed by atoms with E-state index in [0.29, 0.717) is 17.9 Å². The number of rotatable bonds is 3. The van der Waals surface area contributed by atoms with Crippen LogP contribution in [0, 0.1) is 11.8 Å². The Morgan fingerprint density at radius 3 is 2.40 bits per heavy atom. The van der Waals surface area contributed by atoms with E-state index in [-0.39, 0.29) is 0 Å². The molecule has 20 heavy (non-hydrogen) atoms. The average molecular weight is 274 g/mol. The van der Waals surface area contributed by atoms with E-state index in [4.69, 9.17) is 5.11 Å². The summed E-state index contributed by atoms with van der Waals surface area (Å²) >= 11 is 0. The van der Waals surface area contributed by atoms with Gasteiger partial charge in [0.25, 0.3) is 0 Å². The Balaban J connectivity index is 1.55. The molecule has 3 atom stereocenters. The third-order valence-electron chi connectivity index (χ3n) is 4.89. The molecule has 1 unspecified atom stereocenters. The van der Waals surface area contributed by atoms with E-state index in [1.165, 1.54) is 5.56 Å². The maximum Gasteiger partial charge on any atom is 0.407 e. The molecule has 2 fully saturated rings. The van der Waals surface area contributed by atoms with Crippen molar-refractivity contribution in [3.8, 4) is 0 Å². The van der Waals surface area contributed by atoms with E-state index in [0.717, 1.165) is 32.5 Å². The zero-order chi connectivity index (χ0) is 14.1. The van der Waals surface area contributed by atoms with Gasteiger partial charge in [0, 0.05) is 25.7 Å². The Labute approximate surface area is 120 Å². The number of amides is 1. The standard InChI is InChI=1S/C16H22N2O2/c1-17(9-12-5-3-2-4-6-12)15-7-13-10-18(16(19)20)11-14(13)8-15/h2-6,13-15H,7-11H2,1H3,(H,19,20)/t13-,14+,15?. The van der Waals surface area contributed by atoms with E-state index < -0.39 is 6.09 Å². The number of hydrogen-bond donors (Lipinski definition) is 1. The van der Waals surface area contributed by atoms with Crippen LogP contribution >= 0.6 is 0 Å². The lowest BCUT2D eigenvalue weighted by molar-refractivity contribution is 0.148. The second-order valence-corrected chi connectivity index (χ2v) is 6.23. The van der Waals surface area contributed by atoms with Gasteiger partial charge in [-0.3, -0.25) is 4.90 Å². The first-order valence-corrected chi connectivity index (χ1v) is 7.35. The highest BCUT2D eigenvalue weighted by atomic mass is 16.4. The third kappa shape index (κ3) is 2.66. The third-order valence-corrected chi connectivity index (χ3v) is 4.89. The molecule has 0 radical (unpaired) electrons. The largest absolute Gasteiger partial charge is 0.465 e. The zero-order valence-corrected chi connectivity index (χ0v) is 11.9. The van der Waals surface area contributed by atoms with Gasteiger partial charge in [0.15, 0.2) is 0 Å². The highest BCUT2D eigenvalue weighted by Gasteiger charge is 2.43. The minimum absolute atomic E-state index is 0.564. The van der Waals surface area contributed by atoms with Crippen LogP contribution in [-0.2, 0) is 6.54 Å². The molecular formula is C16H22N2O2. The summed E-state index contributed by atoms with van der Waals surface area (Å²) in [5, 5.41) is 9.05. The summed E-state index contributed by atoms with van der Waals surface area (Å²) in [6, 6.07) is 11.1. The number of carboxylic acid groups (broad SMARTS) is 1. The molecule has 1 saturated carbocycles. The van der Waals surface area contributed by atoms with Crippen LogP contribution in [-0.4, -0.2) is 47.2 Å². The van der Waals surface area contributed by atoms with Gasteiger partial charge < -0.3 is 10.0 Å². The maximum absolute atomic E-state index is 11.0. The first-order chi connectivity index (χ1) is 9.63. The number of carbonyl (C=O) groups is 1. The minimum Gasteiger partial charge on any atom is -0.465 e. The lowest BCUT2D eigenvalue weighted by Gasteiger charge is -2.26. The molecular weight excluding hydrogens is 252 g/mol. The normalized spacial score (nSPS) is 28.9. The van der Waals surface area contributed by atoms with E-state index >= 15 is 0 Å². The summed E-state index contributed by atoms with van der Waals surface area (Å²) < 4.78 is 0. The lowest BCUT2D eigenvalue weighted by Crippen LogP contribution is -2.33. The molecule has 1 N–H and O–H groups in total. The van der Waals surface area contributed by atoms with Crippen molar-refractivity contribution < 1.29 is 9.90 Å². The molecule has 0 bridgehead atoms. The van der Waals surface area contributed by atoms with Crippen molar-refractivity contribution in [1.29, 1.82) is 0 Å². The lowest BCUT2D eigenvalue weighted by atomic mass is 10.0. The van der Waals surface area contributed by atoms with Gasteiger partial charge in [0.2, 0.25) is 0 Å². The van der Waals surface area contributed by atoms with Crippen LogP contribution in [0.2, 0.25) is 0 Å². The molecule has 1 aliphatic heterocycles. The SMILES string of the molecule is CN(Cc1ccccc1)C1C[C@@H]2CN(C(=O)O)C[C@@H]2C1. The summed E-state index contributed by atoms with van der Waals surface area (Å²) in [7, 11) is 2.19. The summed E-state index contributed by atoms with van der Waals surface area (Å²) in [5.74, 6) is 1.13. The quantitative estimate of drug-likeness (QED) is 0.921. The second-order valence-electron chi connectivity index (χ2n) is 6.23. The van der Waals surface area contributed by atoms with E-state index in [2.05, 4.69) is 36.2 Å². The van der Waals surface area contributed by atoms with Gasteiger partial charge in [-0.15, -0.1) is 0 Å². The Hall–Kier alpha value is -1.55. The van der Waals surface area contributed by atoms with Crippen LogP contribution in [0.25, 0.3) is 0 Å². The van der Waals surface area contributed by atoms with Crippen LogP contribution < -0.4 is 0 Å². The zero-order valence-electron chi connectivity index (χ0n) is 11.9. The van der Waals surface area contributed by atoms with E-state index in [1.54, 1.807) is 4.90 Å². The Kier molecular flexibility index (Phi) is 3.66. The highest BCUT2D eigenvalue weighted by molar-refractivity contribution is 5.65. The van der Waals surface area contributed by atoms with Crippen LogP contribution in [0.5, 0.6) is 0 Å². The molecule has 1 saturated heterocycles. The van der Waals surface area contributed by atoms with Crippen molar-refractivity contribution in [3.63, 3.8) is 0 Å². The fourth-order valence-corrected chi connectivity index (χ4v) is 3.78. The highest BCUT2D eigenvalue weighted by Crippen LogP contribution is 2.40. The maximum atomic E-state index is 11.0. The number of fused-ring (bicyclic) bond motifs is 1. The van der Waals surface area contributed by atoms with Gasteiger partial charge in [0.1, 0.15) is 0 Å². The van der Waals surface area contributed by atoms with Gasteiger partial charge in [-0.1, -0.05) is 30.3 Å². The van der Waals surface area contributed by atoms with Gasteiger partial charge >= 0.3 is 6.09 Å². The Morgan fingerprint density at radius 1 is 1.25 bits per heavy atom. The first-order valence-electron chi connectivity index (χ1n) is 7.35. The molecule has 0 aromatic heterocycles. The monoisotopic (exact) mass is 274 g/mol. The molecule has 3 rings (SSSR count). The molecule has 1 aliphatic carbocycles. The molecule has 1 aromatic rings. The smallest absolute Gasteiger partial charge is 0.407 e. The fraction of sp³-hybridized carbons (Fsp3) is 0.562. The molecule has 1 aromatic carbocycles. The van der Waals surface area contributed by atoms with Gasteiger partial charge in [-0.2, -0.15) is 0 Å². The summed E-state index contributed by atoms with van der Waals surface area (Å²) in [5.41, 5.74) is 1.35.